The molecule has 0 atom stereocenters. The fraction of sp³-hybridized carbons (Fsp3) is 0.0588. The first-order chi connectivity index (χ1) is 11.5. The Labute approximate surface area is 153 Å². The molecule has 7 heteroatoms. The van der Waals surface area contributed by atoms with E-state index in [1.165, 1.54) is 11.8 Å². The summed E-state index contributed by atoms with van der Waals surface area (Å²) in [4.78, 5) is 25.6. The normalized spacial score (nSPS) is 15.4. The first-order valence-electron chi connectivity index (χ1n) is 7.01. The second-order valence-corrected chi connectivity index (χ2v) is 6.98. The summed E-state index contributed by atoms with van der Waals surface area (Å²) in [5.41, 5.74) is 2.09. The van der Waals surface area contributed by atoms with E-state index < -0.39 is 11.8 Å². The number of benzene rings is 2. The number of nitrogens with one attached hydrogen (secondary N) is 2. The molecule has 2 amide bonds. The van der Waals surface area contributed by atoms with Gasteiger partial charge in [0.1, 0.15) is 9.94 Å². The Morgan fingerprint density at radius 1 is 1.21 bits per heavy atom. The van der Waals surface area contributed by atoms with Gasteiger partial charge in [0, 0.05) is 15.6 Å². The minimum Gasteiger partial charge on any atom is -0.321 e. The number of carbonyl (C=O) groups is 2. The standard InChI is InChI=1S/C17H12Cl2N2O2S/c1-9-8-10(18)6-7-11(9)20-16(22)14(19)15-17(23)21-12-4-2-3-5-13(12)24-15/h2-8H,1H3,(H,20,22)(H,21,23)/b15-14+. The molecule has 1 aliphatic rings. The van der Waals surface area contributed by atoms with Gasteiger partial charge >= 0.3 is 0 Å². The van der Waals surface area contributed by atoms with Crippen molar-refractivity contribution >= 4 is 58.2 Å². The SMILES string of the molecule is Cc1cc(Cl)ccc1NC(=O)/C(Cl)=C1\Sc2ccccc2NC1=O. The molecule has 4 nitrogen and oxygen atoms in total. The Kier molecular flexibility index (Phi) is 4.85. The molecule has 1 heterocycles. The number of hydrogen-bond acceptors (Lipinski definition) is 3. The summed E-state index contributed by atoms with van der Waals surface area (Å²) >= 11 is 13.2. The van der Waals surface area contributed by atoms with Crippen molar-refractivity contribution in [1.29, 1.82) is 0 Å². The molecule has 2 N–H and O–H groups in total. The maximum absolute atomic E-state index is 12.4. The Bertz CT molecular complexity index is 881. The number of amides is 2. The molecule has 24 heavy (non-hydrogen) atoms. The number of rotatable bonds is 2. The molecule has 0 aromatic heterocycles. The molecule has 0 spiro atoms. The third-order valence-electron chi connectivity index (χ3n) is 3.39. The molecule has 0 bridgehead atoms. The Morgan fingerprint density at radius 2 is 1.96 bits per heavy atom. The molecule has 0 saturated carbocycles. The van der Waals surface area contributed by atoms with Crippen LogP contribution in [-0.2, 0) is 9.59 Å². The second kappa shape index (κ2) is 6.89. The Balaban J connectivity index is 1.87. The third-order valence-corrected chi connectivity index (χ3v) is 5.27. The van der Waals surface area contributed by atoms with E-state index >= 15 is 0 Å². The molecule has 0 unspecified atom stereocenters. The van der Waals surface area contributed by atoms with Crippen molar-refractivity contribution < 1.29 is 9.59 Å². The van der Waals surface area contributed by atoms with E-state index in [4.69, 9.17) is 23.2 Å². The fourth-order valence-corrected chi connectivity index (χ4v) is 3.58. The van der Waals surface area contributed by atoms with Crippen LogP contribution in [0, 0.1) is 6.92 Å². The van der Waals surface area contributed by atoms with Gasteiger partial charge in [-0.25, -0.2) is 0 Å². The van der Waals surface area contributed by atoms with Gasteiger partial charge in [0.15, 0.2) is 0 Å². The maximum atomic E-state index is 12.4. The summed E-state index contributed by atoms with van der Waals surface area (Å²) < 4.78 is 0. The predicted octanol–water partition coefficient (Wildman–Crippen LogP) is 4.78. The monoisotopic (exact) mass is 378 g/mol. The van der Waals surface area contributed by atoms with Crippen LogP contribution in [0.2, 0.25) is 5.02 Å². The predicted molar refractivity (Wildman–Crippen MR) is 98.6 cm³/mol. The zero-order chi connectivity index (χ0) is 17.3. The molecule has 0 aliphatic carbocycles. The van der Waals surface area contributed by atoms with E-state index in [1.54, 1.807) is 24.3 Å². The molecule has 0 saturated heterocycles. The van der Waals surface area contributed by atoms with Crippen molar-refractivity contribution in [3.05, 3.63) is 63.0 Å². The van der Waals surface area contributed by atoms with Crippen molar-refractivity contribution in [2.45, 2.75) is 11.8 Å². The zero-order valence-corrected chi connectivity index (χ0v) is 14.9. The number of halogens is 2. The number of para-hydroxylation sites is 1. The van der Waals surface area contributed by atoms with Crippen molar-refractivity contribution in [2.75, 3.05) is 10.6 Å². The highest BCUT2D eigenvalue weighted by molar-refractivity contribution is 8.04. The van der Waals surface area contributed by atoms with E-state index in [0.29, 0.717) is 16.4 Å². The van der Waals surface area contributed by atoms with Crippen LogP contribution >= 0.6 is 35.0 Å². The van der Waals surface area contributed by atoms with Gasteiger partial charge in [0.05, 0.1) is 5.69 Å². The Hall–Kier alpha value is -1.95. The highest BCUT2D eigenvalue weighted by Crippen LogP contribution is 2.40. The first kappa shape index (κ1) is 16.9. The van der Waals surface area contributed by atoms with Crippen LogP contribution in [0.25, 0.3) is 0 Å². The summed E-state index contributed by atoms with van der Waals surface area (Å²) in [5.74, 6) is -0.939. The average Bonchev–Trinajstić information content (AvgIpc) is 2.56. The summed E-state index contributed by atoms with van der Waals surface area (Å²) in [5, 5.41) is 5.85. The third kappa shape index (κ3) is 3.43. The van der Waals surface area contributed by atoms with Crippen LogP contribution < -0.4 is 10.6 Å². The summed E-state index contributed by atoms with van der Waals surface area (Å²) in [7, 11) is 0. The van der Waals surface area contributed by atoms with Crippen molar-refractivity contribution in [3.8, 4) is 0 Å². The molecule has 0 fully saturated rings. The van der Waals surface area contributed by atoms with E-state index in [1.807, 2.05) is 25.1 Å². The lowest BCUT2D eigenvalue weighted by Crippen LogP contribution is -2.22. The van der Waals surface area contributed by atoms with Crippen LogP contribution in [0.1, 0.15) is 5.56 Å². The quantitative estimate of drug-likeness (QED) is 0.739. The van der Waals surface area contributed by atoms with Gasteiger partial charge in [-0.15, -0.1) is 0 Å². The maximum Gasteiger partial charge on any atom is 0.268 e. The van der Waals surface area contributed by atoms with E-state index in [2.05, 4.69) is 10.6 Å². The molecular weight excluding hydrogens is 367 g/mol. The van der Waals surface area contributed by atoms with Crippen molar-refractivity contribution in [1.82, 2.24) is 0 Å². The highest BCUT2D eigenvalue weighted by Gasteiger charge is 2.26. The number of fused-ring (bicyclic) bond motifs is 1. The highest BCUT2D eigenvalue weighted by atomic mass is 35.5. The second-order valence-electron chi connectivity index (χ2n) is 5.11. The van der Waals surface area contributed by atoms with Crippen molar-refractivity contribution in [3.63, 3.8) is 0 Å². The fourth-order valence-electron chi connectivity index (χ4n) is 2.19. The van der Waals surface area contributed by atoms with Gasteiger partial charge in [-0.05, 0) is 42.8 Å². The summed E-state index contributed by atoms with van der Waals surface area (Å²) in [6, 6.07) is 12.4. The minimum absolute atomic E-state index is 0.152. The lowest BCUT2D eigenvalue weighted by atomic mass is 10.2. The molecule has 122 valence electrons. The van der Waals surface area contributed by atoms with Crippen LogP contribution in [0.5, 0.6) is 0 Å². The van der Waals surface area contributed by atoms with Crippen LogP contribution in [0.4, 0.5) is 11.4 Å². The molecule has 2 aromatic rings. The number of thioether (sulfide) groups is 1. The molecule has 1 aliphatic heterocycles. The van der Waals surface area contributed by atoms with Crippen LogP contribution in [0.3, 0.4) is 0 Å². The van der Waals surface area contributed by atoms with Gasteiger partial charge in [-0.2, -0.15) is 0 Å². The minimum atomic E-state index is -0.542. The van der Waals surface area contributed by atoms with E-state index in [-0.39, 0.29) is 9.94 Å². The van der Waals surface area contributed by atoms with Gasteiger partial charge < -0.3 is 10.6 Å². The van der Waals surface area contributed by atoms with Gasteiger partial charge in [0.25, 0.3) is 11.8 Å². The number of anilines is 2. The Morgan fingerprint density at radius 3 is 2.71 bits per heavy atom. The molecule has 2 aromatic carbocycles. The lowest BCUT2D eigenvalue weighted by Gasteiger charge is -2.19. The zero-order valence-electron chi connectivity index (χ0n) is 12.5. The topological polar surface area (TPSA) is 58.2 Å². The van der Waals surface area contributed by atoms with Crippen LogP contribution in [-0.4, -0.2) is 11.8 Å². The summed E-state index contributed by atoms with van der Waals surface area (Å²) in [6.45, 7) is 1.82. The summed E-state index contributed by atoms with van der Waals surface area (Å²) in [6.07, 6.45) is 0. The molecule has 3 rings (SSSR count). The average molecular weight is 379 g/mol. The number of carbonyl (C=O) groups excluding carboxylic acids is 2. The van der Waals surface area contributed by atoms with E-state index in [0.717, 1.165) is 10.5 Å². The largest absolute Gasteiger partial charge is 0.321 e. The van der Waals surface area contributed by atoms with Gasteiger partial charge in [-0.3, -0.25) is 9.59 Å². The molecular formula is C17H12Cl2N2O2S. The number of aryl methyl sites for hydroxylation is 1. The smallest absolute Gasteiger partial charge is 0.268 e. The van der Waals surface area contributed by atoms with Crippen LogP contribution in [0.15, 0.2) is 57.3 Å². The van der Waals surface area contributed by atoms with Crippen molar-refractivity contribution in [2.24, 2.45) is 0 Å². The van der Waals surface area contributed by atoms with Gasteiger partial charge in [-0.1, -0.05) is 47.1 Å². The molecule has 0 radical (unpaired) electrons. The van der Waals surface area contributed by atoms with E-state index in [9.17, 15) is 9.59 Å². The van der Waals surface area contributed by atoms with Gasteiger partial charge in [0.2, 0.25) is 0 Å². The lowest BCUT2D eigenvalue weighted by molar-refractivity contribution is -0.114. The first-order valence-corrected chi connectivity index (χ1v) is 8.58. The number of hydrogen-bond donors (Lipinski definition) is 2.